The highest BCUT2D eigenvalue weighted by atomic mass is 28.2. The molecule has 0 saturated carbocycles. The Morgan fingerprint density at radius 2 is 1.95 bits per heavy atom. The average molecular weight is 310 g/mol. The second-order valence-corrected chi connectivity index (χ2v) is 5.88. The molecule has 0 amide bonds. The van der Waals surface area contributed by atoms with Crippen LogP contribution < -0.4 is 0 Å². The van der Waals surface area contributed by atoms with Gasteiger partial charge in [0.25, 0.3) is 0 Å². The van der Waals surface area contributed by atoms with E-state index in [1.165, 1.54) is 0 Å². The summed E-state index contributed by atoms with van der Waals surface area (Å²) in [7, 11) is -0.690. The van der Waals surface area contributed by atoms with Gasteiger partial charge in [-0.05, 0) is 12.5 Å². The fourth-order valence-electron chi connectivity index (χ4n) is 1.47. The smallest absolute Gasteiger partial charge is 0.171 e. The first kappa shape index (κ1) is 18.0. The van der Waals surface area contributed by atoms with Crippen molar-refractivity contribution in [1.29, 1.82) is 0 Å². The molecule has 120 valence electrons. The van der Waals surface area contributed by atoms with E-state index in [9.17, 15) is 0 Å². The van der Waals surface area contributed by atoms with E-state index in [0.29, 0.717) is 12.7 Å². The first-order valence-electron chi connectivity index (χ1n) is 7.09. The third-order valence-electron chi connectivity index (χ3n) is 2.58. The van der Waals surface area contributed by atoms with E-state index in [0.717, 1.165) is 25.7 Å². The van der Waals surface area contributed by atoms with Gasteiger partial charge in [-0.2, -0.15) is 0 Å². The zero-order valence-corrected chi connectivity index (χ0v) is 13.3. The van der Waals surface area contributed by atoms with Crippen LogP contribution in [0.3, 0.4) is 0 Å². The van der Waals surface area contributed by atoms with E-state index in [2.05, 4.69) is 0 Å². The summed E-state index contributed by atoms with van der Waals surface area (Å²) in [4.78, 5) is 0. The topological polar surface area (TPSA) is 89.9 Å². The zero-order valence-electron chi connectivity index (χ0n) is 11.9. The van der Waals surface area contributed by atoms with Crippen LogP contribution in [0.5, 0.6) is 0 Å². The molecule has 8 heteroatoms. The summed E-state index contributed by atoms with van der Waals surface area (Å²) >= 11 is 0. The van der Waals surface area contributed by atoms with Crippen molar-refractivity contribution in [2.24, 2.45) is 0 Å². The summed E-state index contributed by atoms with van der Waals surface area (Å²) in [6.07, 6.45) is 0.855. The fraction of sp³-hybridized carbons (Fsp3) is 1.00. The molecule has 2 unspecified atom stereocenters. The molecule has 2 N–H and O–H groups in total. The van der Waals surface area contributed by atoms with Crippen LogP contribution in [0.2, 0.25) is 6.04 Å². The summed E-state index contributed by atoms with van der Waals surface area (Å²) in [5.74, 6) is 0. The molecule has 20 heavy (non-hydrogen) atoms. The summed E-state index contributed by atoms with van der Waals surface area (Å²) in [6, 6.07) is 1.00. The van der Waals surface area contributed by atoms with Gasteiger partial charge in [0.15, 0.2) is 16.1 Å². The van der Waals surface area contributed by atoms with Crippen molar-refractivity contribution in [1.82, 2.24) is 0 Å². The minimum absolute atomic E-state index is 0.0216. The SMILES string of the molecule is OCCOCC(OCCO)O[SiH2]CCCOCC1CO1. The van der Waals surface area contributed by atoms with Gasteiger partial charge in [0.1, 0.15) is 6.10 Å². The van der Waals surface area contributed by atoms with Gasteiger partial charge in [0.05, 0.1) is 46.2 Å². The standard InChI is InChI=1S/C12H26O7Si/c13-2-5-16-10-12(17-6-3-14)19-20-7-1-4-15-8-11-9-18-11/h11-14H,1-10,20H2. The Morgan fingerprint density at radius 1 is 1.15 bits per heavy atom. The van der Waals surface area contributed by atoms with Gasteiger partial charge in [0, 0.05) is 6.61 Å². The van der Waals surface area contributed by atoms with Crippen LogP contribution in [0.4, 0.5) is 0 Å². The molecule has 0 aromatic rings. The quantitative estimate of drug-likeness (QED) is 0.167. The minimum Gasteiger partial charge on any atom is -0.398 e. The van der Waals surface area contributed by atoms with E-state index < -0.39 is 16.1 Å². The first-order chi connectivity index (χ1) is 9.86. The Labute approximate surface area is 122 Å². The Morgan fingerprint density at radius 3 is 2.65 bits per heavy atom. The normalized spacial score (nSPS) is 19.8. The van der Waals surface area contributed by atoms with Crippen LogP contribution in [-0.2, 0) is 23.4 Å². The number of epoxide rings is 1. The van der Waals surface area contributed by atoms with Crippen molar-refractivity contribution >= 4 is 9.76 Å². The van der Waals surface area contributed by atoms with E-state index in [1.807, 2.05) is 0 Å². The third-order valence-corrected chi connectivity index (χ3v) is 3.97. The molecule has 0 radical (unpaired) electrons. The van der Waals surface area contributed by atoms with Crippen LogP contribution in [0.1, 0.15) is 6.42 Å². The molecule has 2 atom stereocenters. The number of hydrogen-bond donors (Lipinski definition) is 2. The average Bonchev–Trinajstić information content (AvgIpc) is 3.27. The maximum atomic E-state index is 8.73. The molecule has 1 rings (SSSR count). The lowest BCUT2D eigenvalue weighted by Gasteiger charge is -2.18. The molecule has 0 aliphatic carbocycles. The van der Waals surface area contributed by atoms with E-state index in [4.69, 9.17) is 33.6 Å². The van der Waals surface area contributed by atoms with Gasteiger partial charge in [-0.1, -0.05) is 0 Å². The van der Waals surface area contributed by atoms with Crippen molar-refractivity contribution in [3.63, 3.8) is 0 Å². The Hall–Kier alpha value is -0.0631. The monoisotopic (exact) mass is 310 g/mol. The number of hydrogen-bond acceptors (Lipinski definition) is 7. The fourth-order valence-corrected chi connectivity index (χ4v) is 2.50. The van der Waals surface area contributed by atoms with E-state index in [1.54, 1.807) is 0 Å². The molecule has 0 aromatic heterocycles. The maximum absolute atomic E-state index is 8.73. The lowest BCUT2D eigenvalue weighted by atomic mass is 10.5. The molecule has 7 nitrogen and oxygen atoms in total. The summed E-state index contributed by atoms with van der Waals surface area (Å²) in [5, 5.41) is 17.4. The Bertz CT molecular complexity index is 216. The largest absolute Gasteiger partial charge is 0.398 e. The molecule has 1 aliphatic rings. The van der Waals surface area contributed by atoms with Gasteiger partial charge in [-0.3, -0.25) is 0 Å². The summed E-state index contributed by atoms with van der Waals surface area (Å²) in [6.45, 7) is 2.97. The predicted molar refractivity (Wildman–Crippen MR) is 74.3 cm³/mol. The highest BCUT2D eigenvalue weighted by molar-refractivity contribution is 6.27. The number of aliphatic hydroxyl groups is 2. The van der Waals surface area contributed by atoms with Crippen molar-refractivity contribution in [3.8, 4) is 0 Å². The van der Waals surface area contributed by atoms with Gasteiger partial charge >= 0.3 is 0 Å². The van der Waals surface area contributed by atoms with Crippen molar-refractivity contribution < 1.29 is 33.6 Å². The molecule has 1 heterocycles. The lowest BCUT2D eigenvalue weighted by molar-refractivity contribution is -0.129. The van der Waals surface area contributed by atoms with Crippen molar-refractivity contribution in [2.45, 2.75) is 24.9 Å². The molecule has 1 aliphatic heterocycles. The number of rotatable bonds is 15. The summed E-state index contributed by atoms with van der Waals surface area (Å²) in [5.41, 5.74) is 0. The molecular weight excluding hydrogens is 284 g/mol. The second-order valence-electron chi connectivity index (χ2n) is 4.43. The molecule has 1 fully saturated rings. The van der Waals surface area contributed by atoms with E-state index in [-0.39, 0.29) is 33.0 Å². The predicted octanol–water partition coefficient (Wildman–Crippen LogP) is -1.35. The molecule has 0 aromatic carbocycles. The molecule has 0 bridgehead atoms. The number of aliphatic hydroxyl groups excluding tert-OH is 2. The third kappa shape index (κ3) is 10.7. The van der Waals surface area contributed by atoms with E-state index >= 15 is 0 Å². The van der Waals surface area contributed by atoms with Crippen LogP contribution in [0, 0.1) is 0 Å². The first-order valence-corrected chi connectivity index (χ1v) is 8.66. The highest BCUT2D eigenvalue weighted by Gasteiger charge is 2.21. The van der Waals surface area contributed by atoms with Gasteiger partial charge in [-0.25, -0.2) is 0 Å². The van der Waals surface area contributed by atoms with Gasteiger partial charge in [-0.15, -0.1) is 0 Å². The van der Waals surface area contributed by atoms with Gasteiger partial charge in [0.2, 0.25) is 0 Å². The maximum Gasteiger partial charge on any atom is 0.171 e. The van der Waals surface area contributed by atoms with Gasteiger partial charge < -0.3 is 33.6 Å². The van der Waals surface area contributed by atoms with Crippen LogP contribution in [0.25, 0.3) is 0 Å². The summed E-state index contributed by atoms with van der Waals surface area (Å²) < 4.78 is 26.6. The van der Waals surface area contributed by atoms with Crippen LogP contribution in [-0.4, -0.2) is 85.2 Å². The number of ether oxygens (including phenoxy) is 4. The molecule has 0 spiro atoms. The lowest BCUT2D eigenvalue weighted by Crippen LogP contribution is -2.27. The second kappa shape index (κ2) is 12.7. The van der Waals surface area contributed by atoms with Crippen molar-refractivity contribution in [2.75, 3.05) is 52.9 Å². The van der Waals surface area contributed by atoms with Crippen molar-refractivity contribution in [3.05, 3.63) is 0 Å². The minimum atomic E-state index is -0.690. The van der Waals surface area contributed by atoms with Crippen LogP contribution >= 0.6 is 0 Å². The molecular formula is C12H26O7Si. The Balaban J connectivity index is 1.91. The Kier molecular flexibility index (Phi) is 11.4. The van der Waals surface area contributed by atoms with Crippen LogP contribution in [0.15, 0.2) is 0 Å². The highest BCUT2D eigenvalue weighted by Crippen LogP contribution is 2.08. The molecule has 1 saturated heterocycles. The zero-order chi connectivity index (χ0) is 14.5.